The van der Waals surface area contributed by atoms with Crippen molar-refractivity contribution in [2.75, 3.05) is 5.32 Å². The van der Waals surface area contributed by atoms with Crippen LogP contribution in [-0.2, 0) is 11.3 Å². The van der Waals surface area contributed by atoms with Gasteiger partial charge in [0.25, 0.3) is 5.91 Å². The van der Waals surface area contributed by atoms with E-state index in [4.69, 9.17) is 5.73 Å². The van der Waals surface area contributed by atoms with Crippen molar-refractivity contribution >= 4 is 17.5 Å². The molecule has 0 saturated carbocycles. The average Bonchev–Trinajstić information content (AvgIpc) is 2.60. The van der Waals surface area contributed by atoms with Crippen molar-refractivity contribution in [3.05, 3.63) is 65.5 Å². The molecule has 0 saturated heterocycles. The van der Waals surface area contributed by atoms with Crippen molar-refractivity contribution in [1.82, 2.24) is 5.32 Å². The lowest BCUT2D eigenvalue weighted by Gasteiger charge is -2.14. The highest BCUT2D eigenvalue weighted by atomic mass is 19.1. The molecule has 0 fully saturated rings. The molecule has 0 radical (unpaired) electrons. The predicted molar refractivity (Wildman–Crippen MR) is 100 cm³/mol. The lowest BCUT2D eigenvalue weighted by Crippen LogP contribution is -2.36. The SMILES string of the molecule is CC(C)C[C@H](N)C(=O)Nc1ccc(C(=O)NCc2ccccc2F)cc1. The molecular weight excluding hydrogens is 333 g/mol. The Hall–Kier alpha value is -2.73. The number of benzene rings is 2. The van der Waals surface area contributed by atoms with Gasteiger partial charge in [-0.3, -0.25) is 9.59 Å². The van der Waals surface area contributed by atoms with E-state index in [1.807, 2.05) is 13.8 Å². The Morgan fingerprint density at radius 3 is 2.35 bits per heavy atom. The lowest BCUT2D eigenvalue weighted by atomic mass is 10.0. The second-order valence-corrected chi connectivity index (χ2v) is 6.58. The predicted octanol–water partition coefficient (Wildman–Crippen LogP) is 3.07. The molecule has 0 unspecified atom stereocenters. The Balaban J connectivity index is 1.91. The molecule has 0 bridgehead atoms. The summed E-state index contributed by atoms with van der Waals surface area (Å²) in [7, 11) is 0. The van der Waals surface area contributed by atoms with Gasteiger partial charge in [-0.1, -0.05) is 32.0 Å². The Morgan fingerprint density at radius 1 is 1.08 bits per heavy atom. The maximum atomic E-state index is 13.6. The molecule has 2 amide bonds. The molecule has 1 atom stereocenters. The molecule has 2 aromatic rings. The van der Waals surface area contributed by atoms with E-state index >= 15 is 0 Å². The number of amides is 2. The molecule has 0 spiro atoms. The largest absolute Gasteiger partial charge is 0.348 e. The van der Waals surface area contributed by atoms with E-state index < -0.39 is 6.04 Å². The quantitative estimate of drug-likeness (QED) is 0.712. The lowest BCUT2D eigenvalue weighted by molar-refractivity contribution is -0.117. The van der Waals surface area contributed by atoms with Crippen molar-refractivity contribution in [2.45, 2.75) is 32.9 Å². The van der Waals surface area contributed by atoms with Crippen LogP contribution in [0.3, 0.4) is 0 Å². The molecule has 0 aliphatic rings. The fraction of sp³-hybridized carbons (Fsp3) is 0.300. The minimum Gasteiger partial charge on any atom is -0.348 e. The van der Waals surface area contributed by atoms with Crippen LogP contribution < -0.4 is 16.4 Å². The van der Waals surface area contributed by atoms with Crippen molar-refractivity contribution in [2.24, 2.45) is 11.7 Å². The molecule has 0 aliphatic heterocycles. The third-order valence-electron chi connectivity index (χ3n) is 3.87. The van der Waals surface area contributed by atoms with E-state index in [0.29, 0.717) is 29.2 Å². The maximum Gasteiger partial charge on any atom is 0.251 e. The zero-order chi connectivity index (χ0) is 19.1. The van der Waals surface area contributed by atoms with Gasteiger partial charge in [0.2, 0.25) is 5.91 Å². The van der Waals surface area contributed by atoms with E-state index in [-0.39, 0.29) is 24.2 Å². The maximum absolute atomic E-state index is 13.6. The normalized spacial score (nSPS) is 11.9. The first-order valence-electron chi connectivity index (χ1n) is 8.55. The summed E-state index contributed by atoms with van der Waals surface area (Å²) in [6.45, 7) is 4.11. The smallest absolute Gasteiger partial charge is 0.251 e. The van der Waals surface area contributed by atoms with E-state index in [1.54, 1.807) is 42.5 Å². The van der Waals surface area contributed by atoms with Crippen LogP contribution in [0.15, 0.2) is 48.5 Å². The van der Waals surface area contributed by atoms with Gasteiger partial charge < -0.3 is 16.4 Å². The molecule has 2 aromatic carbocycles. The van der Waals surface area contributed by atoms with Crippen molar-refractivity contribution in [3.63, 3.8) is 0 Å². The van der Waals surface area contributed by atoms with Crippen molar-refractivity contribution in [3.8, 4) is 0 Å². The zero-order valence-electron chi connectivity index (χ0n) is 15.0. The first-order valence-corrected chi connectivity index (χ1v) is 8.55. The number of halogens is 1. The first kappa shape index (κ1) is 19.6. The van der Waals surface area contributed by atoms with E-state index in [0.717, 1.165) is 0 Å². The molecular formula is C20H24FN3O2. The molecule has 138 valence electrons. The fourth-order valence-electron chi connectivity index (χ4n) is 2.47. The van der Waals surface area contributed by atoms with Gasteiger partial charge in [-0.25, -0.2) is 4.39 Å². The Morgan fingerprint density at radius 2 is 1.73 bits per heavy atom. The Kier molecular flexibility index (Phi) is 6.86. The Labute approximate surface area is 152 Å². The van der Waals surface area contributed by atoms with Crippen LogP contribution in [0.4, 0.5) is 10.1 Å². The average molecular weight is 357 g/mol. The highest BCUT2D eigenvalue weighted by Crippen LogP contribution is 2.12. The number of anilines is 1. The summed E-state index contributed by atoms with van der Waals surface area (Å²) in [5.74, 6) is -0.599. The second kappa shape index (κ2) is 9.10. The van der Waals surface area contributed by atoms with Gasteiger partial charge in [0, 0.05) is 23.4 Å². The van der Waals surface area contributed by atoms with Gasteiger partial charge >= 0.3 is 0 Å². The molecule has 0 aromatic heterocycles. The minimum atomic E-state index is -0.571. The van der Waals surface area contributed by atoms with Crippen LogP contribution in [-0.4, -0.2) is 17.9 Å². The van der Waals surface area contributed by atoms with Gasteiger partial charge in [-0.05, 0) is 42.7 Å². The van der Waals surface area contributed by atoms with Crippen LogP contribution in [0.2, 0.25) is 0 Å². The third-order valence-corrected chi connectivity index (χ3v) is 3.87. The van der Waals surface area contributed by atoms with Crippen LogP contribution >= 0.6 is 0 Å². The molecule has 4 N–H and O–H groups in total. The van der Waals surface area contributed by atoms with Gasteiger partial charge in [-0.2, -0.15) is 0 Å². The topological polar surface area (TPSA) is 84.2 Å². The number of rotatable bonds is 7. The van der Waals surface area contributed by atoms with E-state index in [2.05, 4.69) is 10.6 Å². The molecule has 6 heteroatoms. The van der Waals surface area contributed by atoms with Crippen LogP contribution in [0, 0.1) is 11.7 Å². The number of carbonyl (C=O) groups is 2. The van der Waals surface area contributed by atoms with Crippen LogP contribution in [0.25, 0.3) is 0 Å². The van der Waals surface area contributed by atoms with E-state index in [9.17, 15) is 14.0 Å². The molecule has 26 heavy (non-hydrogen) atoms. The second-order valence-electron chi connectivity index (χ2n) is 6.58. The summed E-state index contributed by atoms with van der Waals surface area (Å²) in [5, 5.41) is 5.40. The summed E-state index contributed by atoms with van der Waals surface area (Å²) in [6, 6.07) is 12.2. The first-order chi connectivity index (χ1) is 12.4. The Bertz CT molecular complexity index is 760. The molecule has 0 heterocycles. The molecule has 2 rings (SSSR count). The summed E-state index contributed by atoms with van der Waals surface area (Å²) in [6.07, 6.45) is 0.600. The van der Waals surface area contributed by atoms with Crippen LogP contribution in [0.5, 0.6) is 0 Å². The summed E-state index contributed by atoms with van der Waals surface area (Å²) in [5.41, 5.74) is 7.26. The van der Waals surface area contributed by atoms with Gasteiger partial charge in [-0.15, -0.1) is 0 Å². The standard InChI is InChI=1S/C20H24FN3O2/c1-13(2)11-18(22)20(26)24-16-9-7-14(8-10-16)19(25)23-12-15-5-3-4-6-17(15)21/h3-10,13,18H,11-12,22H2,1-2H3,(H,23,25)(H,24,26)/t18-/m0/s1. The fourth-order valence-corrected chi connectivity index (χ4v) is 2.47. The number of hydrogen-bond donors (Lipinski definition) is 3. The van der Waals surface area contributed by atoms with Gasteiger partial charge in [0.15, 0.2) is 0 Å². The van der Waals surface area contributed by atoms with Gasteiger partial charge in [0.1, 0.15) is 5.82 Å². The molecule has 5 nitrogen and oxygen atoms in total. The monoisotopic (exact) mass is 357 g/mol. The summed E-state index contributed by atoms with van der Waals surface area (Å²) < 4.78 is 13.6. The van der Waals surface area contributed by atoms with Crippen molar-refractivity contribution < 1.29 is 14.0 Å². The number of nitrogens with one attached hydrogen (secondary N) is 2. The van der Waals surface area contributed by atoms with E-state index in [1.165, 1.54) is 6.07 Å². The highest BCUT2D eigenvalue weighted by molar-refractivity contribution is 5.97. The van der Waals surface area contributed by atoms with Crippen molar-refractivity contribution in [1.29, 1.82) is 0 Å². The minimum absolute atomic E-state index is 0.105. The van der Waals surface area contributed by atoms with Crippen LogP contribution in [0.1, 0.15) is 36.2 Å². The molecule has 0 aliphatic carbocycles. The number of carbonyl (C=O) groups excluding carboxylic acids is 2. The number of hydrogen-bond acceptors (Lipinski definition) is 3. The number of nitrogens with two attached hydrogens (primary N) is 1. The van der Waals surface area contributed by atoms with Gasteiger partial charge in [0.05, 0.1) is 6.04 Å². The zero-order valence-corrected chi connectivity index (χ0v) is 15.0. The third kappa shape index (κ3) is 5.67. The summed E-state index contributed by atoms with van der Waals surface area (Å²) >= 11 is 0. The highest BCUT2D eigenvalue weighted by Gasteiger charge is 2.15. The summed E-state index contributed by atoms with van der Waals surface area (Å²) in [4.78, 5) is 24.2.